The van der Waals surface area contributed by atoms with Crippen molar-refractivity contribution in [3.05, 3.63) is 108 Å². The fourth-order valence-electron chi connectivity index (χ4n) is 5.13. The van der Waals surface area contributed by atoms with Gasteiger partial charge in [-0.25, -0.2) is 4.98 Å². The zero-order chi connectivity index (χ0) is 22.9. The maximum Gasteiger partial charge on any atom is 0.139 e. The zero-order valence-electron chi connectivity index (χ0n) is 19.0. The van der Waals surface area contributed by atoms with Gasteiger partial charge in [0.2, 0.25) is 0 Å². The smallest absolute Gasteiger partial charge is 0.139 e. The van der Waals surface area contributed by atoms with E-state index in [0.29, 0.717) is 12.3 Å². The van der Waals surface area contributed by atoms with Crippen LogP contribution in [0.4, 0.5) is 5.82 Å². The highest BCUT2D eigenvalue weighted by molar-refractivity contribution is 5.82. The third-order valence-electron chi connectivity index (χ3n) is 6.76. The molecule has 0 saturated carbocycles. The van der Waals surface area contributed by atoms with E-state index >= 15 is 0 Å². The van der Waals surface area contributed by atoms with Crippen molar-refractivity contribution in [1.82, 2.24) is 9.38 Å². The van der Waals surface area contributed by atoms with Gasteiger partial charge in [-0.1, -0.05) is 72.8 Å². The number of hydrogen-bond donors (Lipinski definition) is 2. The Balaban J connectivity index is 1.58. The summed E-state index contributed by atoms with van der Waals surface area (Å²) in [5.74, 6) is 1.27. The normalized spacial score (nSPS) is 13.1. The van der Waals surface area contributed by atoms with Gasteiger partial charge in [0.1, 0.15) is 22.9 Å². The number of aryl methyl sites for hydroxylation is 1. The van der Waals surface area contributed by atoms with Gasteiger partial charge in [-0.15, -0.1) is 0 Å². The maximum atomic E-state index is 11.0. The minimum atomic E-state index is 0.331. The summed E-state index contributed by atoms with van der Waals surface area (Å²) in [6, 6.07) is 30.8. The van der Waals surface area contributed by atoms with Crippen molar-refractivity contribution in [1.29, 1.82) is 0 Å². The van der Waals surface area contributed by atoms with E-state index in [9.17, 15) is 5.11 Å². The average Bonchev–Trinajstić information content (AvgIpc) is 3.27. The minimum absolute atomic E-state index is 0.331. The molecule has 0 atom stereocenters. The minimum Gasteiger partial charge on any atom is -0.507 e. The second kappa shape index (κ2) is 8.71. The first-order valence-corrected chi connectivity index (χ1v) is 12.0. The molecule has 0 fully saturated rings. The molecule has 4 heteroatoms. The molecule has 4 nitrogen and oxygen atoms in total. The Bertz CT molecular complexity index is 1460. The fourth-order valence-corrected chi connectivity index (χ4v) is 5.13. The number of nitrogens with zero attached hydrogens (tertiary/aromatic N) is 2. The van der Waals surface area contributed by atoms with Crippen LogP contribution in [0.1, 0.15) is 29.5 Å². The second-order valence-corrected chi connectivity index (χ2v) is 8.92. The van der Waals surface area contributed by atoms with Gasteiger partial charge in [0, 0.05) is 17.7 Å². The summed E-state index contributed by atoms with van der Waals surface area (Å²) in [5.41, 5.74) is 8.55. The Labute approximate surface area is 199 Å². The lowest BCUT2D eigenvalue weighted by molar-refractivity contribution is 0.475. The van der Waals surface area contributed by atoms with Crippen molar-refractivity contribution < 1.29 is 5.11 Å². The number of pyridine rings is 1. The number of benzene rings is 3. The lowest BCUT2D eigenvalue weighted by Gasteiger charge is -2.22. The lowest BCUT2D eigenvalue weighted by atomic mass is 9.86. The van der Waals surface area contributed by atoms with Gasteiger partial charge in [-0.05, 0) is 60.6 Å². The molecule has 168 valence electrons. The number of hydrogen-bond acceptors (Lipinski definition) is 3. The van der Waals surface area contributed by atoms with Crippen LogP contribution in [0.2, 0.25) is 0 Å². The van der Waals surface area contributed by atoms with Crippen LogP contribution in [0.25, 0.3) is 28.2 Å². The fraction of sp³-hybridized carbons (Fsp3) is 0.167. The number of aromatic nitrogens is 2. The molecule has 0 aliphatic heterocycles. The number of anilines is 1. The van der Waals surface area contributed by atoms with Crippen molar-refractivity contribution >= 4 is 11.5 Å². The van der Waals surface area contributed by atoms with Gasteiger partial charge in [0.15, 0.2) is 0 Å². The highest BCUT2D eigenvalue weighted by Crippen LogP contribution is 2.40. The van der Waals surface area contributed by atoms with Crippen LogP contribution < -0.4 is 5.32 Å². The Morgan fingerprint density at radius 1 is 0.794 bits per heavy atom. The van der Waals surface area contributed by atoms with Crippen LogP contribution in [0.15, 0.2) is 91.0 Å². The van der Waals surface area contributed by atoms with Crippen LogP contribution >= 0.6 is 0 Å². The predicted molar refractivity (Wildman–Crippen MR) is 138 cm³/mol. The monoisotopic (exact) mass is 445 g/mol. The van der Waals surface area contributed by atoms with Crippen molar-refractivity contribution in [2.24, 2.45) is 0 Å². The highest BCUT2D eigenvalue weighted by Gasteiger charge is 2.22. The summed E-state index contributed by atoms with van der Waals surface area (Å²) in [7, 11) is 0. The molecule has 1 aliphatic rings. The quantitative estimate of drug-likeness (QED) is 0.310. The van der Waals surface area contributed by atoms with E-state index in [2.05, 4.69) is 58.2 Å². The lowest BCUT2D eigenvalue weighted by Crippen LogP contribution is -2.08. The molecule has 1 aliphatic carbocycles. The molecule has 0 radical (unpaired) electrons. The van der Waals surface area contributed by atoms with Crippen LogP contribution in [-0.2, 0) is 19.4 Å². The molecule has 3 aromatic carbocycles. The number of phenols is 1. The molecule has 34 heavy (non-hydrogen) atoms. The van der Waals surface area contributed by atoms with Crippen LogP contribution in [-0.4, -0.2) is 14.5 Å². The molecule has 0 amide bonds. The third-order valence-corrected chi connectivity index (χ3v) is 6.76. The highest BCUT2D eigenvalue weighted by atomic mass is 16.3. The van der Waals surface area contributed by atoms with E-state index in [1.165, 1.54) is 23.1 Å². The molecule has 0 spiro atoms. The summed E-state index contributed by atoms with van der Waals surface area (Å²) >= 11 is 0. The first-order chi connectivity index (χ1) is 16.8. The first-order valence-electron chi connectivity index (χ1n) is 12.0. The van der Waals surface area contributed by atoms with Crippen molar-refractivity contribution in [2.45, 2.75) is 32.2 Å². The number of imidazole rings is 1. The van der Waals surface area contributed by atoms with E-state index in [1.54, 1.807) is 0 Å². The summed E-state index contributed by atoms with van der Waals surface area (Å²) in [4.78, 5) is 5.04. The number of fused-ring (bicyclic) bond motifs is 2. The Kier molecular flexibility index (Phi) is 5.27. The van der Waals surface area contributed by atoms with Gasteiger partial charge in [-0.2, -0.15) is 0 Å². The Morgan fingerprint density at radius 3 is 2.38 bits per heavy atom. The average molecular weight is 446 g/mol. The first kappa shape index (κ1) is 20.5. The Morgan fingerprint density at radius 2 is 1.56 bits per heavy atom. The summed E-state index contributed by atoms with van der Waals surface area (Å²) in [6.07, 6.45) is 4.41. The third kappa shape index (κ3) is 3.61. The number of nitrogens with one attached hydrogen (secondary N) is 1. The summed E-state index contributed by atoms with van der Waals surface area (Å²) in [6.45, 7) is 0.682. The van der Waals surface area contributed by atoms with E-state index in [4.69, 9.17) is 4.98 Å². The van der Waals surface area contributed by atoms with E-state index in [1.807, 2.05) is 42.5 Å². The molecule has 0 saturated heterocycles. The topological polar surface area (TPSA) is 49.6 Å². The molecule has 6 rings (SSSR count). The molecule has 0 unspecified atom stereocenters. The van der Waals surface area contributed by atoms with Crippen molar-refractivity contribution in [3.63, 3.8) is 0 Å². The maximum absolute atomic E-state index is 11.0. The van der Waals surface area contributed by atoms with Gasteiger partial charge >= 0.3 is 0 Å². The molecular formula is C30H27N3O. The zero-order valence-corrected chi connectivity index (χ0v) is 19.0. The largest absolute Gasteiger partial charge is 0.507 e. The second-order valence-electron chi connectivity index (χ2n) is 8.92. The van der Waals surface area contributed by atoms with Gasteiger partial charge in [0.05, 0.1) is 5.69 Å². The number of rotatable bonds is 5. The number of aromatic hydroxyl groups is 1. The van der Waals surface area contributed by atoms with Gasteiger partial charge < -0.3 is 10.4 Å². The van der Waals surface area contributed by atoms with Crippen LogP contribution in [0.3, 0.4) is 0 Å². The van der Waals surface area contributed by atoms with E-state index in [0.717, 1.165) is 53.2 Å². The summed E-state index contributed by atoms with van der Waals surface area (Å²) in [5, 5.41) is 14.7. The van der Waals surface area contributed by atoms with Gasteiger partial charge in [0.25, 0.3) is 0 Å². The van der Waals surface area contributed by atoms with Crippen molar-refractivity contribution in [3.8, 4) is 28.3 Å². The summed E-state index contributed by atoms with van der Waals surface area (Å²) < 4.78 is 2.18. The van der Waals surface area contributed by atoms with Crippen LogP contribution in [0.5, 0.6) is 5.75 Å². The number of phenolic OH excluding ortho intramolecular Hbond substituents is 1. The van der Waals surface area contributed by atoms with Gasteiger partial charge in [-0.3, -0.25) is 4.40 Å². The Hall–Kier alpha value is -4.05. The molecule has 0 bridgehead atoms. The molecule has 2 N–H and O–H groups in total. The standard InChI is InChI=1S/C30H27N3O/c34-26-19-18-22-12-7-8-15-24(22)28(26)25-16-9-17-27-32-29(23-13-5-2-6-14-23)30(33(25)27)31-20-21-10-3-1-4-11-21/h1-6,9-11,13-14,16-19,31,34H,7-8,12,15,20H2. The molecule has 2 aromatic heterocycles. The molecule has 2 heterocycles. The van der Waals surface area contributed by atoms with E-state index < -0.39 is 0 Å². The predicted octanol–water partition coefficient (Wildman–Crippen LogP) is 6.86. The van der Waals surface area contributed by atoms with Crippen LogP contribution in [0, 0.1) is 0 Å². The molecular weight excluding hydrogens is 418 g/mol. The van der Waals surface area contributed by atoms with E-state index in [-0.39, 0.29) is 0 Å². The van der Waals surface area contributed by atoms with Crippen molar-refractivity contribution in [2.75, 3.05) is 5.32 Å². The molecule has 5 aromatic rings. The SMILES string of the molecule is Oc1ccc2c(c1-c1cccc3nc(-c4ccccc4)c(NCc4ccccc4)n13)CCCC2.